The topological polar surface area (TPSA) is 32.7 Å². The van der Waals surface area contributed by atoms with E-state index >= 15 is 0 Å². The summed E-state index contributed by atoms with van der Waals surface area (Å²) in [7, 11) is 1.64. The van der Waals surface area contributed by atoms with E-state index in [0.29, 0.717) is 19.2 Å². The first-order valence-corrected chi connectivity index (χ1v) is 5.81. The zero-order chi connectivity index (χ0) is 10.6. The fourth-order valence-corrected chi connectivity index (χ4v) is 2.26. The van der Waals surface area contributed by atoms with E-state index in [1.54, 1.807) is 7.11 Å². The van der Waals surface area contributed by atoms with E-state index in [9.17, 15) is 5.11 Å². The lowest BCUT2D eigenvalue weighted by atomic mass is 9.93. The van der Waals surface area contributed by atoms with Crippen molar-refractivity contribution in [1.29, 1.82) is 0 Å². The van der Waals surface area contributed by atoms with Gasteiger partial charge in [0.2, 0.25) is 0 Å². The van der Waals surface area contributed by atoms with Gasteiger partial charge < -0.3 is 9.84 Å². The minimum Gasteiger partial charge on any atom is -0.386 e. The zero-order valence-electron chi connectivity index (χ0n) is 9.07. The summed E-state index contributed by atoms with van der Waals surface area (Å²) in [4.78, 5) is 2.29. The van der Waals surface area contributed by atoms with Gasteiger partial charge in [0.25, 0.3) is 0 Å². The Kier molecular flexibility index (Phi) is 4.70. The summed E-state index contributed by atoms with van der Waals surface area (Å²) in [5, 5.41) is 10.2. The smallest absolute Gasteiger partial charge is 0.101 e. The van der Waals surface area contributed by atoms with Gasteiger partial charge in [-0.2, -0.15) is 12.6 Å². The van der Waals surface area contributed by atoms with Crippen molar-refractivity contribution in [1.82, 2.24) is 4.90 Å². The molecule has 3 nitrogen and oxygen atoms in total. The normalized spacial score (nSPS) is 31.7. The molecule has 0 radical (unpaired) electrons. The summed E-state index contributed by atoms with van der Waals surface area (Å²) in [6.07, 6.45) is 1.88. The number of rotatable bonds is 4. The number of thiol groups is 1. The summed E-state index contributed by atoms with van der Waals surface area (Å²) in [6, 6.07) is 0.432. The van der Waals surface area contributed by atoms with Crippen LogP contribution in [0.4, 0.5) is 0 Å². The molecule has 0 aromatic rings. The van der Waals surface area contributed by atoms with Crippen molar-refractivity contribution in [3.8, 4) is 0 Å². The number of likely N-dealkylation sites (tertiary alicyclic amines) is 1. The molecule has 0 aromatic carbocycles. The molecule has 4 heteroatoms. The van der Waals surface area contributed by atoms with Crippen molar-refractivity contribution >= 4 is 12.6 Å². The number of aliphatic hydroxyl groups is 1. The largest absolute Gasteiger partial charge is 0.386 e. The average Bonchev–Trinajstić information content (AvgIpc) is 2.16. The summed E-state index contributed by atoms with van der Waals surface area (Å²) in [5.74, 6) is 0.836. The Balaban J connectivity index is 2.50. The van der Waals surface area contributed by atoms with Gasteiger partial charge in [-0.05, 0) is 26.3 Å². The lowest BCUT2D eigenvalue weighted by molar-refractivity contribution is -0.0828. The first-order valence-electron chi connectivity index (χ1n) is 5.17. The van der Waals surface area contributed by atoms with E-state index in [1.807, 2.05) is 0 Å². The maximum absolute atomic E-state index is 10.2. The SMILES string of the molecule is COC[C@]1(O)CCCN(C(C)CS)C1. The second-order valence-corrected chi connectivity index (χ2v) is 4.63. The predicted octanol–water partition coefficient (Wildman–Crippen LogP) is 0.778. The molecule has 1 aliphatic heterocycles. The standard InChI is InChI=1S/C10H21NO2S/c1-9(6-14)11-5-3-4-10(12,7-11)8-13-2/h9,12,14H,3-8H2,1-2H3/t9?,10-/m0/s1. The van der Waals surface area contributed by atoms with E-state index in [4.69, 9.17) is 4.74 Å². The third-order valence-corrected chi connectivity index (χ3v) is 3.41. The van der Waals surface area contributed by atoms with Crippen molar-refractivity contribution in [2.75, 3.05) is 32.6 Å². The number of nitrogens with zero attached hydrogens (tertiary/aromatic N) is 1. The fourth-order valence-electron chi connectivity index (χ4n) is 2.03. The van der Waals surface area contributed by atoms with E-state index in [-0.39, 0.29) is 0 Å². The minimum atomic E-state index is -0.649. The van der Waals surface area contributed by atoms with Crippen LogP contribution in [-0.4, -0.2) is 54.2 Å². The van der Waals surface area contributed by atoms with Gasteiger partial charge in [-0.3, -0.25) is 4.90 Å². The Bertz CT molecular complexity index is 176. The minimum absolute atomic E-state index is 0.432. The van der Waals surface area contributed by atoms with Gasteiger partial charge in [0.1, 0.15) is 5.60 Å². The highest BCUT2D eigenvalue weighted by molar-refractivity contribution is 7.80. The molecule has 0 aliphatic carbocycles. The van der Waals surface area contributed by atoms with Crippen LogP contribution in [0, 0.1) is 0 Å². The quantitative estimate of drug-likeness (QED) is 0.685. The van der Waals surface area contributed by atoms with Gasteiger partial charge in [0.15, 0.2) is 0 Å². The number of ether oxygens (including phenoxy) is 1. The summed E-state index contributed by atoms with van der Waals surface area (Å²) in [5.41, 5.74) is -0.649. The third kappa shape index (κ3) is 3.12. The number of hydrogen-bond donors (Lipinski definition) is 2. The molecule has 0 bridgehead atoms. The van der Waals surface area contributed by atoms with Crippen molar-refractivity contribution in [3.05, 3.63) is 0 Å². The average molecular weight is 219 g/mol. The molecule has 0 saturated carbocycles. The van der Waals surface area contributed by atoms with Crippen LogP contribution in [0.3, 0.4) is 0 Å². The molecule has 1 saturated heterocycles. The second kappa shape index (κ2) is 5.35. The van der Waals surface area contributed by atoms with Crippen LogP contribution in [0.5, 0.6) is 0 Å². The molecule has 0 spiro atoms. The van der Waals surface area contributed by atoms with Gasteiger partial charge in [0, 0.05) is 25.4 Å². The van der Waals surface area contributed by atoms with Crippen LogP contribution in [0.2, 0.25) is 0 Å². The van der Waals surface area contributed by atoms with Crippen LogP contribution in [0.15, 0.2) is 0 Å². The maximum Gasteiger partial charge on any atom is 0.101 e. The third-order valence-electron chi connectivity index (χ3n) is 2.89. The summed E-state index contributed by atoms with van der Waals surface area (Å²) < 4.78 is 5.05. The van der Waals surface area contributed by atoms with Crippen LogP contribution >= 0.6 is 12.6 Å². The lowest BCUT2D eigenvalue weighted by Crippen LogP contribution is -2.53. The van der Waals surface area contributed by atoms with Gasteiger partial charge in [0.05, 0.1) is 6.61 Å². The first kappa shape index (κ1) is 12.3. The zero-order valence-corrected chi connectivity index (χ0v) is 9.96. The van der Waals surface area contributed by atoms with Crippen LogP contribution in [-0.2, 0) is 4.74 Å². The highest BCUT2D eigenvalue weighted by atomic mass is 32.1. The maximum atomic E-state index is 10.2. The molecule has 1 fully saturated rings. The highest BCUT2D eigenvalue weighted by Crippen LogP contribution is 2.23. The Hall–Kier alpha value is 0.230. The number of methoxy groups -OCH3 is 1. The lowest BCUT2D eigenvalue weighted by Gasteiger charge is -2.41. The van der Waals surface area contributed by atoms with E-state index in [1.165, 1.54) is 0 Å². The monoisotopic (exact) mass is 219 g/mol. The molecule has 2 atom stereocenters. The molecule has 1 heterocycles. The van der Waals surface area contributed by atoms with Crippen molar-refractivity contribution in [2.45, 2.75) is 31.4 Å². The molecule has 0 amide bonds. The van der Waals surface area contributed by atoms with Crippen molar-refractivity contribution < 1.29 is 9.84 Å². The molecular weight excluding hydrogens is 198 g/mol. The molecule has 1 rings (SSSR count). The second-order valence-electron chi connectivity index (χ2n) is 4.26. The Morgan fingerprint density at radius 2 is 2.36 bits per heavy atom. The van der Waals surface area contributed by atoms with Gasteiger partial charge in [-0.15, -0.1) is 0 Å². The summed E-state index contributed by atoms with van der Waals surface area (Å²) >= 11 is 4.28. The number of hydrogen-bond acceptors (Lipinski definition) is 4. The molecular formula is C10H21NO2S. The van der Waals surface area contributed by atoms with Crippen LogP contribution in [0.1, 0.15) is 19.8 Å². The van der Waals surface area contributed by atoms with Crippen LogP contribution < -0.4 is 0 Å². The Labute approximate surface area is 91.8 Å². The van der Waals surface area contributed by atoms with Crippen molar-refractivity contribution in [2.24, 2.45) is 0 Å². The van der Waals surface area contributed by atoms with E-state index < -0.39 is 5.60 Å². The highest BCUT2D eigenvalue weighted by Gasteiger charge is 2.34. The molecule has 1 N–H and O–H groups in total. The molecule has 0 aromatic heterocycles. The van der Waals surface area contributed by atoms with E-state index in [2.05, 4.69) is 24.5 Å². The van der Waals surface area contributed by atoms with Crippen LogP contribution in [0.25, 0.3) is 0 Å². The van der Waals surface area contributed by atoms with Crippen molar-refractivity contribution in [3.63, 3.8) is 0 Å². The Morgan fingerprint density at radius 3 is 2.93 bits per heavy atom. The summed E-state index contributed by atoms with van der Waals surface area (Å²) in [6.45, 7) is 4.35. The molecule has 84 valence electrons. The first-order chi connectivity index (χ1) is 6.61. The molecule has 1 unspecified atom stereocenters. The Morgan fingerprint density at radius 1 is 1.64 bits per heavy atom. The van der Waals surface area contributed by atoms with E-state index in [0.717, 1.165) is 25.1 Å². The van der Waals surface area contributed by atoms with Gasteiger partial charge in [-0.1, -0.05) is 0 Å². The van der Waals surface area contributed by atoms with Gasteiger partial charge in [-0.25, -0.2) is 0 Å². The number of piperidine rings is 1. The number of β-amino-alcohol motifs (C(OH)–C–C–N with tert-alkyl or cyclic N) is 1. The van der Waals surface area contributed by atoms with Gasteiger partial charge >= 0.3 is 0 Å². The molecule has 14 heavy (non-hydrogen) atoms. The predicted molar refractivity (Wildman–Crippen MR) is 60.9 cm³/mol. The fraction of sp³-hybridized carbons (Fsp3) is 1.00. The molecule has 1 aliphatic rings.